The predicted molar refractivity (Wildman–Crippen MR) is 79.2 cm³/mol. The fourth-order valence-electron chi connectivity index (χ4n) is 1.20. The molecule has 0 aliphatic rings. The van der Waals surface area contributed by atoms with Gasteiger partial charge in [0.05, 0.1) is 13.5 Å². The van der Waals surface area contributed by atoms with E-state index in [9.17, 15) is 4.79 Å². The monoisotopic (exact) mass is 258 g/mol. The maximum atomic E-state index is 10.7. The number of carbonyl (C=O) groups excluding carboxylic acids is 1. The molecule has 0 aliphatic carbocycles. The maximum Gasteiger partial charge on any atom is 0.330 e. The molecule has 0 fully saturated rings. The molecular weight excluding hydrogens is 236 g/mol. The quantitative estimate of drug-likeness (QED) is 0.239. The van der Waals surface area contributed by atoms with Gasteiger partial charge in [-0.15, -0.1) is 5.92 Å². The van der Waals surface area contributed by atoms with Gasteiger partial charge >= 0.3 is 5.97 Å². The second kappa shape index (κ2) is 14.1. The zero-order chi connectivity index (χ0) is 14.2. The Bertz CT molecular complexity index is 408. The van der Waals surface area contributed by atoms with Gasteiger partial charge in [0.2, 0.25) is 0 Å². The molecule has 0 bridgehead atoms. The summed E-state index contributed by atoms with van der Waals surface area (Å²) in [4.78, 5) is 10.7. The molecule has 0 N–H and O–H groups in total. The average Bonchev–Trinajstić information content (AvgIpc) is 2.43. The summed E-state index contributed by atoms with van der Waals surface area (Å²) in [6.07, 6.45) is 12.6. The van der Waals surface area contributed by atoms with Gasteiger partial charge in [0.15, 0.2) is 0 Å². The van der Waals surface area contributed by atoms with Crippen LogP contribution >= 0.6 is 0 Å². The third-order valence-electron chi connectivity index (χ3n) is 2.23. The molecule has 0 amide bonds. The number of hydrogen-bond donors (Lipinski definition) is 0. The van der Waals surface area contributed by atoms with E-state index in [1.54, 1.807) is 12.2 Å². The molecular formula is C17H22O2. The molecule has 0 aromatic rings. The van der Waals surface area contributed by atoms with Crippen molar-refractivity contribution in [2.45, 2.75) is 45.4 Å². The van der Waals surface area contributed by atoms with Crippen LogP contribution in [0, 0.1) is 23.7 Å². The van der Waals surface area contributed by atoms with Crippen LogP contribution in [-0.4, -0.2) is 13.1 Å². The number of esters is 1. The zero-order valence-corrected chi connectivity index (χ0v) is 11.9. The molecule has 0 atom stereocenters. The standard InChI is InChI=1S/C17H22O2/c1-3-4-5-6-7-8-9-10-11-12-13-14-15-16-17(18)19-2/h13-16H,3-6,9,12H2,1-2H3/b14-13-,16-15+. The van der Waals surface area contributed by atoms with Gasteiger partial charge in [0.25, 0.3) is 0 Å². The van der Waals surface area contributed by atoms with Crippen LogP contribution in [0.5, 0.6) is 0 Å². The van der Waals surface area contributed by atoms with E-state index >= 15 is 0 Å². The first-order valence-corrected chi connectivity index (χ1v) is 6.63. The summed E-state index contributed by atoms with van der Waals surface area (Å²) in [5.41, 5.74) is 0. The molecule has 0 aromatic carbocycles. The summed E-state index contributed by atoms with van der Waals surface area (Å²) >= 11 is 0. The van der Waals surface area contributed by atoms with Gasteiger partial charge in [0, 0.05) is 18.9 Å². The molecule has 0 rings (SSSR count). The highest BCUT2D eigenvalue weighted by atomic mass is 16.5. The van der Waals surface area contributed by atoms with Crippen LogP contribution in [0.3, 0.4) is 0 Å². The van der Waals surface area contributed by atoms with Gasteiger partial charge in [-0.3, -0.25) is 0 Å². The Morgan fingerprint density at radius 2 is 1.89 bits per heavy atom. The summed E-state index contributed by atoms with van der Waals surface area (Å²) < 4.78 is 4.45. The third-order valence-corrected chi connectivity index (χ3v) is 2.23. The van der Waals surface area contributed by atoms with Gasteiger partial charge in [-0.25, -0.2) is 4.79 Å². The van der Waals surface area contributed by atoms with Crippen LogP contribution < -0.4 is 0 Å². The summed E-state index contributed by atoms with van der Waals surface area (Å²) in [5.74, 6) is 11.8. The van der Waals surface area contributed by atoms with E-state index in [1.807, 2.05) is 6.08 Å². The normalized spacial score (nSPS) is 9.79. The first-order chi connectivity index (χ1) is 9.31. The van der Waals surface area contributed by atoms with E-state index in [-0.39, 0.29) is 5.97 Å². The topological polar surface area (TPSA) is 26.3 Å². The van der Waals surface area contributed by atoms with Crippen molar-refractivity contribution in [1.82, 2.24) is 0 Å². The second-order valence-corrected chi connectivity index (χ2v) is 3.86. The molecule has 0 aromatic heterocycles. The van der Waals surface area contributed by atoms with Crippen LogP contribution in [0.4, 0.5) is 0 Å². The Hall–Kier alpha value is -1.93. The Morgan fingerprint density at radius 1 is 1.11 bits per heavy atom. The summed E-state index contributed by atoms with van der Waals surface area (Å²) in [7, 11) is 1.35. The van der Waals surface area contributed by atoms with Crippen molar-refractivity contribution in [2.24, 2.45) is 0 Å². The number of hydrogen-bond acceptors (Lipinski definition) is 2. The fraction of sp³-hybridized carbons (Fsp3) is 0.471. The molecule has 19 heavy (non-hydrogen) atoms. The number of carbonyl (C=O) groups is 1. The molecule has 102 valence electrons. The third kappa shape index (κ3) is 14.0. The van der Waals surface area contributed by atoms with Crippen LogP contribution in [0.2, 0.25) is 0 Å². The predicted octanol–water partition coefficient (Wildman–Crippen LogP) is 3.64. The van der Waals surface area contributed by atoms with Crippen molar-refractivity contribution in [1.29, 1.82) is 0 Å². The lowest BCUT2D eigenvalue weighted by Gasteiger charge is -1.87. The lowest BCUT2D eigenvalue weighted by Crippen LogP contribution is -1.92. The van der Waals surface area contributed by atoms with Crippen molar-refractivity contribution in [3.05, 3.63) is 24.3 Å². The minimum absolute atomic E-state index is 0.353. The smallest absolute Gasteiger partial charge is 0.330 e. The highest BCUT2D eigenvalue weighted by Crippen LogP contribution is 1.96. The summed E-state index contributed by atoms with van der Waals surface area (Å²) in [6, 6.07) is 0. The summed E-state index contributed by atoms with van der Waals surface area (Å²) in [5, 5.41) is 0. The lowest BCUT2D eigenvalue weighted by atomic mass is 10.2. The van der Waals surface area contributed by atoms with E-state index < -0.39 is 0 Å². The van der Waals surface area contributed by atoms with Crippen molar-refractivity contribution >= 4 is 5.97 Å². The SMILES string of the molecule is CCCCCC#CCC#CC/C=C\C=C\C(=O)OC. The molecule has 0 aliphatic heterocycles. The van der Waals surface area contributed by atoms with Crippen LogP contribution in [0.25, 0.3) is 0 Å². The fourth-order valence-corrected chi connectivity index (χ4v) is 1.20. The number of allylic oxidation sites excluding steroid dienone is 3. The number of ether oxygens (including phenoxy) is 1. The average molecular weight is 258 g/mol. The summed E-state index contributed by atoms with van der Waals surface area (Å²) in [6.45, 7) is 2.19. The Labute approximate surface area is 116 Å². The molecule has 0 heterocycles. The van der Waals surface area contributed by atoms with E-state index in [0.717, 1.165) is 6.42 Å². The van der Waals surface area contributed by atoms with Gasteiger partial charge < -0.3 is 4.74 Å². The highest BCUT2D eigenvalue weighted by molar-refractivity contribution is 5.82. The molecule has 2 heteroatoms. The highest BCUT2D eigenvalue weighted by Gasteiger charge is 1.85. The van der Waals surface area contributed by atoms with Gasteiger partial charge in [0.1, 0.15) is 0 Å². The molecule has 0 saturated carbocycles. The Kier molecular flexibility index (Phi) is 12.7. The largest absolute Gasteiger partial charge is 0.466 e. The molecule has 0 spiro atoms. The number of unbranched alkanes of at least 4 members (excludes halogenated alkanes) is 3. The van der Waals surface area contributed by atoms with E-state index in [2.05, 4.69) is 35.3 Å². The zero-order valence-electron chi connectivity index (χ0n) is 11.9. The van der Waals surface area contributed by atoms with Crippen LogP contribution in [-0.2, 0) is 9.53 Å². The van der Waals surface area contributed by atoms with Crippen LogP contribution in [0.1, 0.15) is 45.4 Å². The number of rotatable bonds is 6. The Balaban J connectivity index is 3.62. The first kappa shape index (κ1) is 17.1. The Morgan fingerprint density at radius 3 is 2.63 bits per heavy atom. The van der Waals surface area contributed by atoms with Crippen molar-refractivity contribution in [3.8, 4) is 23.7 Å². The first-order valence-electron chi connectivity index (χ1n) is 6.63. The van der Waals surface area contributed by atoms with Crippen LogP contribution in [0.15, 0.2) is 24.3 Å². The minimum atomic E-state index is -0.353. The van der Waals surface area contributed by atoms with E-state index in [0.29, 0.717) is 12.8 Å². The van der Waals surface area contributed by atoms with E-state index in [4.69, 9.17) is 0 Å². The van der Waals surface area contributed by atoms with E-state index in [1.165, 1.54) is 32.4 Å². The van der Waals surface area contributed by atoms with Crippen molar-refractivity contribution < 1.29 is 9.53 Å². The molecule has 0 radical (unpaired) electrons. The van der Waals surface area contributed by atoms with Crippen molar-refractivity contribution in [2.75, 3.05) is 7.11 Å². The minimum Gasteiger partial charge on any atom is -0.466 e. The lowest BCUT2D eigenvalue weighted by molar-refractivity contribution is -0.134. The molecule has 2 nitrogen and oxygen atoms in total. The van der Waals surface area contributed by atoms with Crippen molar-refractivity contribution in [3.63, 3.8) is 0 Å². The van der Waals surface area contributed by atoms with Gasteiger partial charge in [-0.2, -0.15) is 0 Å². The molecule has 0 unspecified atom stereocenters. The second-order valence-electron chi connectivity index (χ2n) is 3.86. The number of methoxy groups -OCH3 is 1. The van der Waals surface area contributed by atoms with Gasteiger partial charge in [-0.1, -0.05) is 55.8 Å². The molecule has 0 saturated heterocycles. The maximum absolute atomic E-state index is 10.7. The van der Waals surface area contributed by atoms with Gasteiger partial charge in [-0.05, 0) is 6.42 Å².